The number of benzene rings is 2. The number of ether oxygens (including phenoxy) is 1. The van der Waals surface area contributed by atoms with E-state index in [4.69, 9.17) is 4.74 Å². The van der Waals surface area contributed by atoms with Gasteiger partial charge in [0.15, 0.2) is 18.1 Å². The Balaban J connectivity index is 1.36. The molecule has 2 N–H and O–H groups in total. The topological polar surface area (TPSA) is 103 Å². The second-order valence-electron chi connectivity index (χ2n) is 7.65. The van der Waals surface area contributed by atoms with Crippen LogP contribution in [-0.4, -0.2) is 31.4 Å². The van der Waals surface area contributed by atoms with Gasteiger partial charge in [0.2, 0.25) is 0 Å². The average molecular weight is 444 g/mol. The summed E-state index contributed by atoms with van der Waals surface area (Å²) in [6, 6.07) is 16.1. The highest BCUT2D eigenvalue weighted by atomic mass is 16.5. The molecule has 2 aromatic carbocycles. The predicted molar refractivity (Wildman–Crippen MR) is 124 cm³/mol. The molecule has 0 spiro atoms. The van der Waals surface area contributed by atoms with Crippen LogP contribution in [-0.2, 0) is 13.8 Å². The van der Waals surface area contributed by atoms with Crippen molar-refractivity contribution in [3.8, 4) is 5.75 Å². The number of aryl methyl sites for hydroxylation is 3. The van der Waals surface area contributed by atoms with Gasteiger partial charge in [0.05, 0.1) is 0 Å². The molecule has 0 radical (unpaired) electrons. The normalized spacial score (nSPS) is 10.6. The summed E-state index contributed by atoms with van der Waals surface area (Å²) in [7, 11) is 1.74. The first-order valence-corrected chi connectivity index (χ1v) is 10.3. The molecule has 0 saturated heterocycles. The maximum Gasteiger partial charge on any atom is 0.276 e. The van der Waals surface area contributed by atoms with Crippen LogP contribution in [0.4, 0.5) is 11.4 Å². The summed E-state index contributed by atoms with van der Waals surface area (Å²) in [6.07, 6.45) is 3.38. The monoisotopic (exact) mass is 444 g/mol. The Morgan fingerprint density at radius 3 is 2.21 bits per heavy atom. The van der Waals surface area contributed by atoms with Crippen molar-refractivity contribution >= 4 is 23.2 Å². The van der Waals surface area contributed by atoms with Gasteiger partial charge in [-0.1, -0.05) is 18.2 Å². The molecule has 9 nitrogen and oxygen atoms in total. The summed E-state index contributed by atoms with van der Waals surface area (Å²) in [6.45, 7) is 4.16. The molecule has 9 heteroatoms. The molecule has 0 aliphatic heterocycles. The van der Waals surface area contributed by atoms with Crippen molar-refractivity contribution < 1.29 is 14.3 Å². The number of nitrogens with zero attached hydrogens (tertiary/aromatic N) is 4. The van der Waals surface area contributed by atoms with Gasteiger partial charge in [-0.3, -0.25) is 14.3 Å². The van der Waals surface area contributed by atoms with E-state index >= 15 is 0 Å². The van der Waals surface area contributed by atoms with E-state index in [0.29, 0.717) is 17.1 Å². The highest BCUT2D eigenvalue weighted by Gasteiger charge is 2.12. The molecule has 0 aliphatic carbocycles. The van der Waals surface area contributed by atoms with Crippen LogP contribution in [0.5, 0.6) is 5.75 Å². The molecule has 2 heterocycles. The van der Waals surface area contributed by atoms with Gasteiger partial charge in [-0.05, 0) is 61.4 Å². The van der Waals surface area contributed by atoms with Gasteiger partial charge < -0.3 is 15.4 Å². The molecule has 2 aromatic heterocycles. The number of carbonyl (C=O) groups excluding carboxylic acids is 2. The first-order valence-electron chi connectivity index (χ1n) is 10.3. The van der Waals surface area contributed by atoms with E-state index in [9.17, 15) is 9.59 Å². The first kappa shape index (κ1) is 21.8. The fourth-order valence-electron chi connectivity index (χ4n) is 3.15. The molecule has 2 amide bonds. The van der Waals surface area contributed by atoms with E-state index in [-0.39, 0.29) is 24.2 Å². The molecule has 0 unspecified atom stereocenters. The molecular weight excluding hydrogens is 420 g/mol. The molecule has 4 aromatic rings. The zero-order valence-corrected chi connectivity index (χ0v) is 18.6. The zero-order valence-electron chi connectivity index (χ0n) is 18.6. The summed E-state index contributed by atoms with van der Waals surface area (Å²) in [4.78, 5) is 24.9. The highest BCUT2D eigenvalue weighted by molar-refractivity contribution is 6.05. The van der Waals surface area contributed by atoms with Crippen LogP contribution in [0.1, 0.15) is 32.1 Å². The van der Waals surface area contributed by atoms with E-state index in [1.54, 1.807) is 65.2 Å². The molecule has 0 fully saturated rings. The lowest BCUT2D eigenvalue weighted by Crippen LogP contribution is -2.15. The van der Waals surface area contributed by atoms with E-state index in [1.807, 2.05) is 32.0 Å². The van der Waals surface area contributed by atoms with Gasteiger partial charge in [-0.15, -0.1) is 0 Å². The lowest BCUT2D eigenvalue weighted by molar-refractivity contribution is 0.101. The Hall–Kier alpha value is -4.40. The Bertz CT molecular complexity index is 1310. The van der Waals surface area contributed by atoms with Crippen LogP contribution in [0.15, 0.2) is 67.0 Å². The number of rotatable bonds is 7. The number of carbonyl (C=O) groups is 2. The number of aromatic nitrogens is 4. The largest absolute Gasteiger partial charge is 0.471 e. The fraction of sp³-hybridized carbons (Fsp3) is 0.167. The van der Waals surface area contributed by atoms with Gasteiger partial charge >= 0.3 is 0 Å². The Morgan fingerprint density at radius 2 is 1.55 bits per heavy atom. The minimum absolute atomic E-state index is 0.187. The Labute approximate surface area is 191 Å². The molecule has 0 aliphatic rings. The quantitative estimate of drug-likeness (QED) is 0.452. The van der Waals surface area contributed by atoms with Crippen LogP contribution < -0.4 is 15.4 Å². The molecule has 0 atom stereocenters. The molecular formula is C24H24N6O3. The van der Waals surface area contributed by atoms with Gasteiger partial charge in [0, 0.05) is 30.8 Å². The van der Waals surface area contributed by atoms with Crippen LogP contribution in [0.3, 0.4) is 0 Å². The predicted octanol–water partition coefficient (Wildman–Crippen LogP) is 3.77. The van der Waals surface area contributed by atoms with Crippen LogP contribution >= 0.6 is 0 Å². The van der Waals surface area contributed by atoms with Crippen molar-refractivity contribution in [1.29, 1.82) is 0 Å². The molecule has 0 bridgehead atoms. The van der Waals surface area contributed by atoms with Crippen molar-refractivity contribution in [3.63, 3.8) is 0 Å². The molecule has 4 rings (SSSR count). The number of hydrogen-bond acceptors (Lipinski definition) is 5. The molecule has 0 saturated carbocycles. The second-order valence-corrected chi connectivity index (χ2v) is 7.65. The van der Waals surface area contributed by atoms with Gasteiger partial charge in [-0.25, -0.2) is 4.68 Å². The maximum absolute atomic E-state index is 12.6. The number of nitrogens with one attached hydrogen (secondary N) is 2. The third-order valence-corrected chi connectivity index (χ3v) is 4.89. The van der Waals surface area contributed by atoms with E-state index < -0.39 is 0 Å². The van der Waals surface area contributed by atoms with Crippen molar-refractivity contribution in [2.24, 2.45) is 7.05 Å². The maximum atomic E-state index is 12.6. The van der Waals surface area contributed by atoms with E-state index in [0.717, 1.165) is 16.9 Å². The number of anilines is 2. The van der Waals surface area contributed by atoms with E-state index in [1.165, 1.54) is 0 Å². The summed E-state index contributed by atoms with van der Waals surface area (Å²) in [5.74, 6) is 0.0800. The second kappa shape index (κ2) is 9.39. The standard InChI is InChI=1S/C24H24N6O3/c1-16-7-8-17(2)22(13-16)33-15-30-12-10-21(28-30)24(32)26-19-6-4-5-18(14-19)25-23(31)20-9-11-29(3)27-20/h4-14H,15H2,1-3H3,(H,25,31)(H,26,32). The molecule has 168 valence electrons. The fourth-order valence-corrected chi connectivity index (χ4v) is 3.15. The summed E-state index contributed by atoms with van der Waals surface area (Å²) < 4.78 is 8.94. The highest BCUT2D eigenvalue weighted by Crippen LogP contribution is 2.20. The smallest absolute Gasteiger partial charge is 0.276 e. The van der Waals surface area contributed by atoms with Crippen molar-refractivity contribution in [2.75, 3.05) is 10.6 Å². The summed E-state index contributed by atoms with van der Waals surface area (Å²) >= 11 is 0. The lowest BCUT2D eigenvalue weighted by atomic mass is 10.1. The van der Waals surface area contributed by atoms with Gasteiger partial charge in [0.1, 0.15) is 5.75 Å². The SMILES string of the molecule is Cc1ccc(C)c(OCn2ccc(C(=O)Nc3cccc(NC(=O)c4ccn(C)n4)c3)n2)c1. The Morgan fingerprint density at radius 1 is 0.879 bits per heavy atom. The zero-order chi connectivity index (χ0) is 23.4. The Kier molecular flexibility index (Phi) is 6.21. The lowest BCUT2D eigenvalue weighted by Gasteiger charge is -2.10. The van der Waals surface area contributed by atoms with Crippen molar-refractivity contribution in [2.45, 2.75) is 20.6 Å². The number of hydrogen-bond donors (Lipinski definition) is 2. The number of amides is 2. The minimum atomic E-state index is -0.367. The van der Waals surface area contributed by atoms with Crippen molar-refractivity contribution in [1.82, 2.24) is 19.6 Å². The average Bonchev–Trinajstić information content (AvgIpc) is 3.44. The van der Waals surface area contributed by atoms with Crippen LogP contribution in [0.2, 0.25) is 0 Å². The van der Waals surface area contributed by atoms with E-state index in [2.05, 4.69) is 20.8 Å². The van der Waals surface area contributed by atoms with Gasteiger partial charge in [0.25, 0.3) is 11.8 Å². The van der Waals surface area contributed by atoms with Crippen molar-refractivity contribution in [3.05, 3.63) is 89.5 Å². The summed E-state index contributed by atoms with van der Waals surface area (Å²) in [5.41, 5.74) is 3.76. The summed E-state index contributed by atoms with van der Waals surface area (Å²) in [5, 5.41) is 13.9. The minimum Gasteiger partial charge on any atom is -0.471 e. The van der Waals surface area contributed by atoms with Crippen LogP contribution in [0, 0.1) is 13.8 Å². The third kappa shape index (κ3) is 5.45. The van der Waals surface area contributed by atoms with Gasteiger partial charge in [-0.2, -0.15) is 10.2 Å². The molecule has 33 heavy (non-hydrogen) atoms. The third-order valence-electron chi connectivity index (χ3n) is 4.89. The van der Waals surface area contributed by atoms with Crippen LogP contribution in [0.25, 0.3) is 0 Å². The first-order chi connectivity index (χ1) is 15.9.